The molecule has 0 bridgehead atoms. The lowest BCUT2D eigenvalue weighted by Crippen LogP contribution is -2.34. The predicted octanol–water partition coefficient (Wildman–Crippen LogP) is 2.79. The highest BCUT2D eigenvalue weighted by atomic mass is 16.5. The van der Waals surface area contributed by atoms with Gasteiger partial charge in [0.05, 0.1) is 12.7 Å². The molecule has 0 aromatic heterocycles. The average Bonchev–Trinajstić information content (AvgIpc) is 2.44. The van der Waals surface area contributed by atoms with E-state index in [0.29, 0.717) is 29.5 Å². The molecule has 19 heavy (non-hydrogen) atoms. The van der Waals surface area contributed by atoms with Gasteiger partial charge in [0, 0.05) is 18.8 Å². The minimum atomic E-state index is -0.0285. The van der Waals surface area contributed by atoms with E-state index in [1.165, 1.54) is 0 Å². The smallest absolute Gasteiger partial charge is 0.256 e. The maximum absolute atomic E-state index is 12.5. The molecule has 0 fully saturated rings. The highest BCUT2D eigenvalue weighted by molar-refractivity contribution is 5.99. The normalized spacial score (nSPS) is 12.0. The number of ether oxygens (including phenoxy) is 1. The number of benzene rings is 1. The topological polar surface area (TPSA) is 55.6 Å². The second-order valence-corrected chi connectivity index (χ2v) is 4.81. The maximum atomic E-state index is 12.5. The first kappa shape index (κ1) is 15.3. The van der Waals surface area contributed by atoms with Crippen LogP contribution in [0.3, 0.4) is 0 Å². The molecule has 0 heterocycles. The van der Waals surface area contributed by atoms with Crippen molar-refractivity contribution >= 4 is 11.6 Å². The number of nitrogens with zero attached hydrogens (tertiary/aromatic N) is 1. The van der Waals surface area contributed by atoms with E-state index in [1.807, 2.05) is 11.8 Å². The van der Waals surface area contributed by atoms with Crippen LogP contribution in [0.15, 0.2) is 18.2 Å². The molecule has 0 saturated carbocycles. The average molecular weight is 264 g/mol. The molecule has 1 amide bonds. The Kier molecular flexibility index (Phi) is 5.67. The molecule has 0 aliphatic carbocycles. The standard InChI is InChI=1S/C15H24N2O2/c1-5-11(3)10-17(6-2)15(18)13-9-12(19-4)7-8-14(13)16/h7-9,11H,5-6,10,16H2,1-4H3. The van der Waals surface area contributed by atoms with Gasteiger partial charge in [0.2, 0.25) is 0 Å². The van der Waals surface area contributed by atoms with Crippen molar-refractivity contribution in [2.45, 2.75) is 27.2 Å². The summed E-state index contributed by atoms with van der Waals surface area (Å²) < 4.78 is 5.15. The van der Waals surface area contributed by atoms with Crippen molar-refractivity contribution in [3.05, 3.63) is 23.8 Å². The van der Waals surface area contributed by atoms with Crippen LogP contribution in [0.1, 0.15) is 37.6 Å². The van der Waals surface area contributed by atoms with Gasteiger partial charge in [0.15, 0.2) is 0 Å². The van der Waals surface area contributed by atoms with Gasteiger partial charge in [-0.3, -0.25) is 4.79 Å². The zero-order valence-corrected chi connectivity index (χ0v) is 12.3. The molecule has 106 valence electrons. The first-order chi connectivity index (χ1) is 9.03. The lowest BCUT2D eigenvalue weighted by Gasteiger charge is -2.24. The van der Waals surface area contributed by atoms with Crippen molar-refractivity contribution in [1.29, 1.82) is 0 Å². The van der Waals surface area contributed by atoms with Gasteiger partial charge in [-0.25, -0.2) is 0 Å². The molecular formula is C15H24N2O2. The van der Waals surface area contributed by atoms with Crippen LogP contribution in [0.4, 0.5) is 5.69 Å². The summed E-state index contributed by atoms with van der Waals surface area (Å²) in [6.07, 6.45) is 1.05. The molecule has 1 unspecified atom stereocenters. The SMILES string of the molecule is CCC(C)CN(CC)C(=O)c1cc(OC)ccc1N. The summed E-state index contributed by atoms with van der Waals surface area (Å²) in [6.45, 7) is 7.69. The third kappa shape index (κ3) is 3.88. The number of anilines is 1. The predicted molar refractivity (Wildman–Crippen MR) is 78.4 cm³/mol. The second kappa shape index (κ2) is 7.02. The first-order valence-electron chi connectivity index (χ1n) is 6.76. The summed E-state index contributed by atoms with van der Waals surface area (Å²) >= 11 is 0. The van der Waals surface area contributed by atoms with Crippen LogP contribution in [0.2, 0.25) is 0 Å². The van der Waals surface area contributed by atoms with Gasteiger partial charge in [-0.2, -0.15) is 0 Å². The lowest BCUT2D eigenvalue weighted by atomic mass is 10.1. The third-order valence-corrected chi connectivity index (χ3v) is 3.39. The molecular weight excluding hydrogens is 240 g/mol. The van der Waals surface area contributed by atoms with Gasteiger partial charge in [0.25, 0.3) is 5.91 Å². The number of methoxy groups -OCH3 is 1. The van der Waals surface area contributed by atoms with E-state index < -0.39 is 0 Å². The Morgan fingerprint density at radius 3 is 2.63 bits per heavy atom. The highest BCUT2D eigenvalue weighted by Crippen LogP contribution is 2.21. The zero-order valence-electron chi connectivity index (χ0n) is 12.3. The number of nitrogens with two attached hydrogens (primary N) is 1. The highest BCUT2D eigenvalue weighted by Gasteiger charge is 2.19. The van der Waals surface area contributed by atoms with E-state index in [4.69, 9.17) is 10.5 Å². The van der Waals surface area contributed by atoms with Crippen molar-refractivity contribution in [3.8, 4) is 5.75 Å². The van der Waals surface area contributed by atoms with Crippen molar-refractivity contribution in [2.24, 2.45) is 5.92 Å². The molecule has 0 aliphatic rings. The minimum Gasteiger partial charge on any atom is -0.497 e. The summed E-state index contributed by atoms with van der Waals surface area (Å²) in [4.78, 5) is 14.3. The molecule has 0 saturated heterocycles. The van der Waals surface area contributed by atoms with E-state index >= 15 is 0 Å². The monoisotopic (exact) mass is 264 g/mol. The molecule has 2 N–H and O–H groups in total. The second-order valence-electron chi connectivity index (χ2n) is 4.81. The zero-order chi connectivity index (χ0) is 14.4. The molecule has 0 radical (unpaired) electrons. The Hall–Kier alpha value is -1.71. The molecule has 0 spiro atoms. The number of rotatable bonds is 6. The van der Waals surface area contributed by atoms with Crippen molar-refractivity contribution < 1.29 is 9.53 Å². The van der Waals surface area contributed by atoms with E-state index in [0.717, 1.165) is 13.0 Å². The van der Waals surface area contributed by atoms with E-state index in [-0.39, 0.29) is 5.91 Å². The summed E-state index contributed by atoms with van der Waals surface area (Å²) in [5.74, 6) is 1.10. The van der Waals surface area contributed by atoms with Gasteiger partial charge in [-0.15, -0.1) is 0 Å². The van der Waals surface area contributed by atoms with Gasteiger partial charge >= 0.3 is 0 Å². The molecule has 1 rings (SSSR count). The Labute approximate surface area is 115 Å². The quantitative estimate of drug-likeness (QED) is 0.804. The van der Waals surface area contributed by atoms with Crippen LogP contribution < -0.4 is 10.5 Å². The largest absolute Gasteiger partial charge is 0.497 e. The number of carbonyl (C=O) groups excluding carboxylic acids is 1. The number of carbonyl (C=O) groups is 1. The van der Waals surface area contributed by atoms with E-state index in [9.17, 15) is 4.79 Å². The van der Waals surface area contributed by atoms with Crippen molar-refractivity contribution in [1.82, 2.24) is 4.90 Å². The Bertz CT molecular complexity index is 432. The van der Waals surface area contributed by atoms with E-state index in [1.54, 1.807) is 25.3 Å². The maximum Gasteiger partial charge on any atom is 0.256 e. The Morgan fingerprint density at radius 1 is 1.42 bits per heavy atom. The number of hydrogen-bond donors (Lipinski definition) is 1. The number of nitrogen functional groups attached to an aromatic ring is 1. The molecule has 1 atom stereocenters. The Morgan fingerprint density at radius 2 is 2.11 bits per heavy atom. The fraction of sp³-hybridized carbons (Fsp3) is 0.533. The van der Waals surface area contributed by atoms with Crippen LogP contribution in [0.25, 0.3) is 0 Å². The van der Waals surface area contributed by atoms with Gasteiger partial charge in [0.1, 0.15) is 5.75 Å². The number of hydrogen-bond acceptors (Lipinski definition) is 3. The van der Waals surface area contributed by atoms with Crippen LogP contribution in [0, 0.1) is 5.92 Å². The number of amides is 1. The van der Waals surface area contributed by atoms with Crippen molar-refractivity contribution in [2.75, 3.05) is 25.9 Å². The molecule has 1 aromatic carbocycles. The molecule has 1 aromatic rings. The third-order valence-electron chi connectivity index (χ3n) is 3.39. The summed E-state index contributed by atoms with van der Waals surface area (Å²) in [5, 5.41) is 0. The molecule has 4 heteroatoms. The summed E-state index contributed by atoms with van der Waals surface area (Å²) in [5.41, 5.74) is 6.91. The van der Waals surface area contributed by atoms with E-state index in [2.05, 4.69) is 13.8 Å². The Balaban J connectivity index is 2.96. The van der Waals surface area contributed by atoms with Crippen molar-refractivity contribution in [3.63, 3.8) is 0 Å². The summed E-state index contributed by atoms with van der Waals surface area (Å²) in [7, 11) is 1.58. The minimum absolute atomic E-state index is 0.0285. The molecule has 4 nitrogen and oxygen atoms in total. The van der Waals surface area contributed by atoms with Gasteiger partial charge in [-0.05, 0) is 31.0 Å². The van der Waals surface area contributed by atoms with Crippen LogP contribution >= 0.6 is 0 Å². The fourth-order valence-corrected chi connectivity index (χ4v) is 1.88. The van der Waals surface area contributed by atoms with Gasteiger partial charge < -0.3 is 15.4 Å². The van der Waals surface area contributed by atoms with Crippen LogP contribution in [-0.2, 0) is 0 Å². The molecule has 0 aliphatic heterocycles. The first-order valence-corrected chi connectivity index (χ1v) is 6.76. The van der Waals surface area contributed by atoms with Crippen LogP contribution in [0.5, 0.6) is 5.75 Å². The van der Waals surface area contributed by atoms with Gasteiger partial charge in [-0.1, -0.05) is 20.3 Å². The van der Waals surface area contributed by atoms with Crippen LogP contribution in [-0.4, -0.2) is 31.0 Å². The fourth-order valence-electron chi connectivity index (χ4n) is 1.88. The summed E-state index contributed by atoms with van der Waals surface area (Å²) in [6, 6.07) is 5.18. The lowest BCUT2D eigenvalue weighted by molar-refractivity contribution is 0.0741.